The molecule has 110 valence electrons. The second-order valence-corrected chi connectivity index (χ2v) is 5.44. The summed E-state index contributed by atoms with van der Waals surface area (Å²) in [5.41, 5.74) is 0. The highest BCUT2D eigenvalue weighted by molar-refractivity contribution is 5.78. The quantitative estimate of drug-likeness (QED) is 0.662. The molecule has 1 rings (SSSR count). The predicted molar refractivity (Wildman–Crippen MR) is 77.0 cm³/mol. The van der Waals surface area contributed by atoms with Gasteiger partial charge in [-0.2, -0.15) is 0 Å². The number of hydrogen-bond acceptors (Lipinski definition) is 4. The van der Waals surface area contributed by atoms with E-state index in [0.717, 1.165) is 39.0 Å². The first-order chi connectivity index (χ1) is 9.02. The van der Waals surface area contributed by atoms with Crippen LogP contribution in [0.15, 0.2) is 12.7 Å². The van der Waals surface area contributed by atoms with E-state index in [2.05, 4.69) is 11.5 Å². The average Bonchev–Trinajstić information content (AvgIpc) is 2.36. The van der Waals surface area contributed by atoms with E-state index in [1.807, 2.05) is 30.0 Å². The third-order valence-electron chi connectivity index (χ3n) is 3.35. The number of hydrogen-bond donors (Lipinski definition) is 1. The van der Waals surface area contributed by atoms with Gasteiger partial charge in [0.2, 0.25) is 5.91 Å². The molecule has 1 N–H and O–H groups in total. The zero-order valence-electron chi connectivity index (χ0n) is 12.2. The summed E-state index contributed by atoms with van der Waals surface area (Å²) in [4.78, 5) is 17.9. The minimum Gasteiger partial charge on any atom is -0.392 e. The number of carbonyl (C=O) groups is 1. The minimum atomic E-state index is -0.290. The lowest BCUT2D eigenvalue weighted by Gasteiger charge is -2.36. The fourth-order valence-corrected chi connectivity index (χ4v) is 2.25. The largest absolute Gasteiger partial charge is 0.392 e. The summed E-state index contributed by atoms with van der Waals surface area (Å²) in [5.74, 6) is 0.192. The van der Waals surface area contributed by atoms with Crippen molar-refractivity contribution in [2.75, 3.05) is 53.4 Å². The Bertz CT molecular complexity index is 286. The van der Waals surface area contributed by atoms with Crippen LogP contribution in [0.4, 0.5) is 0 Å². The van der Waals surface area contributed by atoms with Crippen molar-refractivity contribution >= 4 is 5.91 Å². The van der Waals surface area contributed by atoms with Crippen LogP contribution in [0.2, 0.25) is 0 Å². The molecule has 1 heterocycles. The number of nitrogens with zero attached hydrogens (tertiary/aromatic N) is 3. The summed E-state index contributed by atoms with van der Waals surface area (Å²) >= 11 is 0. The highest BCUT2D eigenvalue weighted by Crippen LogP contribution is 2.06. The van der Waals surface area contributed by atoms with Crippen molar-refractivity contribution in [3.63, 3.8) is 0 Å². The molecular weight excluding hydrogens is 242 g/mol. The molecule has 19 heavy (non-hydrogen) atoms. The van der Waals surface area contributed by atoms with Crippen molar-refractivity contribution in [2.45, 2.75) is 18.9 Å². The summed E-state index contributed by atoms with van der Waals surface area (Å²) in [7, 11) is 3.81. The minimum absolute atomic E-state index is 0.192. The van der Waals surface area contributed by atoms with E-state index in [-0.39, 0.29) is 12.0 Å². The maximum atomic E-state index is 11.9. The topological polar surface area (TPSA) is 47.0 Å². The number of piperazine rings is 1. The van der Waals surface area contributed by atoms with E-state index in [1.165, 1.54) is 0 Å². The summed E-state index contributed by atoms with van der Waals surface area (Å²) in [5, 5.41) is 9.85. The second kappa shape index (κ2) is 8.30. The summed E-state index contributed by atoms with van der Waals surface area (Å²) in [6.07, 6.45) is 3.16. The van der Waals surface area contributed by atoms with Gasteiger partial charge in [0.15, 0.2) is 0 Å². The van der Waals surface area contributed by atoms with Crippen molar-refractivity contribution < 1.29 is 9.90 Å². The number of allylic oxidation sites excluding steroid dienone is 1. The van der Waals surface area contributed by atoms with Crippen molar-refractivity contribution in [2.24, 2.45) is 0 Å². The van der Waals surface area contributed by atoms with Gasteiger partial charge in [0, 0.05) is 32.7 Å². The summed E-state index contributed by atoms with van der Waals surface area (Å²) in [6, 6.07) is 0. The van der Waals surface area contributed by atoms with E-state index in [0.29, 0.717) is 13.1 Å². The molecule has 1 aliphatic rings. The van der Waals surface area contributed by atoms with Gasteiger partial charge in [0.1, 0.15) is 0 Å². The lowest BCUT2D eigenvalue weighted by Crippen LogP contribution is -2.52. The Morgan fingerprint density at radius 2 is 2.00 bits per heavy atom. The van der Waals surface area contributed by atoms with Gasteiger partial charge >= 0.3 is 0 Å². The lowest BCUT2D eigenvalue weighted by molar-refractivity contribution is -0.133. The van der Waals surface area contributed by atoms with Crippen molar-refractivity contribution in [1.82, 2.24) is 14.7 Å². The second-order valence-electron chi connectivity index (χ2n) is 5.44. The van der Waals surface area contributed by atoms with E-state index >= 15 is 0 Å². The highest BCUT2D eigenvalue weighted by Gasteiger charge is 2.22. The normalized spacial score (nSPS) is 18.6. The Hall–Kier alpha value is -0.910. The Morgan fingerprint density at radius 1 is 1.37 bits per heavy atom. The summed E-state index contributed by atoms with van der Waals surface area (Å²) in [6.45, 7) is 8.06. The number of amides is 1. The van der Waals surface area contributed by atoms with Crippen LogP contribution >= 0.6 is 0 Å². The Labute approximate surface area is 116 Å². The van der Waals surface area contributed by atoms with E-state index in [9.17, 15) is 9.90 Å². The molecule has 0 saturated carbocycles. The molecule has 5 nitrogen and oxygen atoms in total. The van der Waals surface area contributed by atoms with Gasteiger partial charge in [-0.3, -0.25) is 9.69 Å². The van der Waals surface area contributed by atoms with Crippen LogP contribution in [-0.2, 0) is 4.79 Å². The molecule has 1 unspecified atom stereocenters. The molecule has 1 saturated heterocycles. The van der Waals surface area contributed by atoms with Crippen LogP contribution in [0.3, 0.4) is 0 Å². The van der Waals surface area contributed by atoms with Crippen LogP contribution in [0.25, 0.3) is 0 Å². The number of aliphatic hydroxyl groups is 1. The molecule has 1 aliphatic heterocycles. The Morgan fingerprint density at radius 3 is 2.53 bits per heavy atom. The van der Waals surface area contributed by atoms with Gasteiger partial charge < -0.3 is 14.9 Å². The van der Waals surface area contributed by atoms with E-state index < -0.39 is 0 Å². The Balaban J connectivity index is 2.24. The fraction of sp³-hybridized carbons (Fsp3) is 0.786. The van der Waals surface area contributed by atoms with E-state index in [4.69, 9.17) is 0 Å². The zero-order chi connectivity index (χ0) is 14.3. The van der Waals surface area contributed by atoms with Crippen molar-refractivity contribution in [3.05, 3.63) is 12.7 Å². The first-order valence-electron chi connectivity index (χ1n) is 6.96. The maximum Gasteiger partial charge on any atom is 0.236 e. The molecule has 0 aromatic heterocycles. The standard InChI is InChI=1S/C14H27N3O2/c1-4-5-6-13(18)11-16-7-9-17(10-8-16)14(19)12-15(2)3/h4,13,18H,1,5-12H2,2-3H3. The molecule has 0 aliphatic carbocycles. The van der Waals surface area contributed by atoms with Crippen LogP contribution in [0.1, 0.15) is 12.8 Å². The number of aliphatic hydroxyl groups excluding tert-OH is 1. The fourth-order valence-electron chi connectivity index (χ4n) is 2.25. The smallest absolute Gasteiger partial charge is 0.236 e. The van der Waals surface area contributed by atoms with Crippen molar-refractivity contribution in [3.8, 4) is 0 Å². The lowest BCUT2D eigenvalue weighted by atomic mass is 10.1. The van der Waals surface area contributed by atoms with Crippen LogP contribution in [0, 0.1) is 0 Å². The van der Waals surface area contributed by atoms with Crippen molar-refractivity contribution in [1.29, 1.82) is 0 Å². The van der Waals surface area contributed by atoms with Gasteiger partial charge in [-0.15, -0.1) is 6.58 Å². The average molecular weight is 269 g/mol. The third kappa shape index (κ3) is 6.18. The highest BCUT2D eigenvalue weighted by atomic mass is 16.3. The molecule has 1 amide bonds. The summed E-state index contributed by atoms with van der Waals surface area (Å²) < 4.78 is 0. The van der Waals surface area contributed by atoms with Crippen LogP contribution in [0.5, 0.6) is 0 Å². The number of carbonyl (C=O) groups excluding carboxylic acids is 1. The number of rotatable bonds is 7. The molecule has 1 atom stereocenters. The molecule has 0 spiro atoms. The van der Waals surface area contributed by atoms with Gasteiger partial charge in [0.25, 0.3) is 0 Å². The maximum absolute atomic E-state index is 11.9. The van der Waals surface area contributed by atoms with Gasteiger partial charge in [-0.05, 0) is 26.9 Å². The van der Waals surface area contributed by atoms with Crippen LogP contribution < -0.4 is 0 Å². The Kier molecular flexibility index (Phi) is 7.05. The van der Waals surface area contributed by atoms with Gasteiger partial charge in [-0.1, -0.05) is 6.08 Å². The van der Waals surface area contributed by atoms with Gasteiger partial charge in [-0.25, -0.2) is 0 Å². The molecule has 0 aromatic rings. The van der Waals surface area contributed by atoms with E-state index in [1.54, 1.807) is 0 Å². The third-order valence-corrected chi connectivity index (χ3v) is 3.35. The monoisotopic (exact) mass is 269 g/mol. The molecule has 0 bridgehead atoms. The zero-order valence-corrected chi connectivity index (χ0v) is 12.2. The molecular formula is C14H27N3O2. The van der Waals surface area contributed by atoms with Crippen LogP contribution in [-0.4, -0.2) is 85.2 Å². The number of likely N-dealkylation sites (N-methyl/N-ethyl adjacent to an activating group) is 1. The molecule has 1 fully saturated rings. The first-order valence-corrected chi connectivity index (χ1v) is 6.96. The molecule has 5 heteroatoms. The molecule has 0 aromatic carbocycles. The predicted octanol–water partition coefficient (Wildman–Crippen LogP) is 0.0193. The van der Waals surface area contributed by atoms with Gasteiger partial charge in [0.05, 0.1) is 12.6 Å². The number of β-amino-alcohol motifs (C(OH)–C–C–N with tert-alkyl or cyclic N) is 1. The first kappa shape index (κ1) is 16.1. The SMILES string of the molecule is C=CCCC(O)CN1CCN(C(=O)CN(C)C)CC1. The molecule has 0 radical (unpaired) electrons.